The first-order valence-corrected chi connectivity index (χ1v) is 9.45. The first-order chi connectivity index (χ1) is 12.7. The summed E-state index contributed by atoms with van der Waals surface area (Å²) in [6.07, 6.45) is 7.42. The van der Waals surface area contributed by atoms with Gasteiger partial charge in [0.15, 0.2) is 0 Å². The van der Waals surface area contributed by atoms with Gasteiger partial charge < -0.3 is 19.5 Å². The van der Waals surface area contributed by atoms with Gasteiger partial charge in [-0.1, -0.05) is 0 Å². The van der Waals surface area contributed by atoms with Crippen LogP contribution in [0.25, 0.3) is 0 Å². The molecule has 2 aliphatic rings. The second kappa shape index (κ2) is 9.14. The molecule has 0 unspecified atom stereocenters. The molecular weight excluding hydrogens is 334 g/mol. The van der Waals surface area contributed by atoms with E-state index in [9.17, 15) is 9.59 Å². The topological polar surface area (TPSA) is 79.7 Å². The SMILES string of the molecule is COC(=O)CN1CCN(C(=O)CCc2cn(C3CCNCC3)cn2)CC1. The van der Waals surface area contributed by atoms with E-state index in [1.165, 1.54) is 7.11 Å². The van der Waals surface area contributed by atoms with Crippen molar-refractivity contribution in [2.75, 3.05) is 52.9 Å². The number of piperazine rings is 1. The number of imidazole rings is 1. The Morgan fingerprint density at radius 2 is 1.96 bits per heavy atom. The second-order valence-corrected chi connectivity index (χ2v) is 7.03. The molecule has 8 heteroatoms. The van der Waals surface area contributed by atoms with Gasteiger partial charge in [-0.05, 0) is 32.4 Å². The number of amides is 1. The number of nitrogens with one attached hydrogen (secondary N) is 1. The van der Waals surface area contributed by atoms with Gasteiger partial charge in [-0.15, -0.1) is 0 Å². The summed E-state index contributed by atoms with van der Waals surface area (Å²) < 4.78 is 6.89. The summed E-state index contributed by atoms with van der Waals surface area (Å²) in [5.74, 6) is -0.0618. The predicted molar refractivity (Wildman–Crippen MR) is 96.7 cm³/mol. The average molecular weight is 363 g/mol. The Hall–Kier alpha value is -1.93. The largest absolute Gasteiger partial charge is 0.468 e. The third-order valence-electron chi connectivity index (χ3n) is 5.29. The number of hydrogen-bond donors (Lipinski definition) is 1. The summed E-state index contributed by atoms with van der Waals surface area (Å²) in [4.78, 5) is 32.1. The minimum absolute atomic E-state index is 0.166. The zero-order valence-electron chi connectivity index (χ0n) is 15.5. The van der Waals surface area contributed by atoms with E-state index in [4.69, 9.17) is 0 Å². The average Bonchev–Trinajstić information content (AvgIpc) is 3.16. The molecule has 0 aromatic carbocycles. The zero-order chi connectivity index (χ0) is 18.4. The minimum atomic E-state index is -0.228. The zero-order valence-corrected chi connectivity index (χ0v) is 15.5. The van der Waals surface area contributed by atoms with Crippen LogP contribution in [0.3, 0.4) is 0 Å². The summed E-state index contributed by atoms with van der Waals surface area (Å²) >= 11 is 0. The molecule has 3 heterocycles. The van der Waals surface area contributed by atoms with E-state index in [0.29, 0.717) is 51.6 Å². The van der Waals surface area contributed by atoms with Gasteiger partial charge in [-0.3, -0.25) is 14.5 Å². The van der Waals surface area contributed by atoms with E-state index >= 15 is 0 Å². The normalized spacial score (nSPS) is 19.5. The lowest BCUT2D eigenvalue weighted by Crippen LogP contribution is -2.50. The molecule has 0 spiro atoms. The van der Waals surface area contributed by atoms with Gasteiger partial charge in [-0.25, -0.2) is 4.98 Å². The van der Waals surface area contributed by atoms with Crippen LogP contribution in [0.1, 0.15) is 31.0 Å². The highest BCUT2D eigenvalue weighted by molar-refractivity contribution is 5.76. The quantitative estimate of drug-likeness (QED) is 0.720. The van der Waals surface area contributed by atoms with Gasteiger partial charge >= 0.3 is 5.97 Å². The Morgan fingerprint density at radius 1 is 1.23 bits per heavy atom. The van der Waals surface area contributed by atoms with Crippen LogP contribution < -0.4 is 5.32 Å². The standard InChI is InChI=1S/C18H29N5O3/c1-26-18(25)13-21-8-10-22(11-9-21)17(24)3-2-15-12-23(14-20-15)16-4-6-19-7-5-16/h12,14,16,19H,2-11,13H2,1H3. The number of nitrogens with zero attached hydrogens (tertiary/aromatic N) is 4. The summed E-state index contributed by atoms with van der Waals surface area (Å²) in [6, 6.07) is 0.524. The van der Waals surface area contributed by atoms with Gasteiger partial charge in [0, 0.05) is 44.8 Å². The fourth-order valence-corrected chi connectivity index (χ4v) is 3.61. The first kappa shape index (κ1) is 18.8. The molecule has 26 heavy (non-hydrogen) atoms. The molecule has 0 radical (unpaired) electrons. The number of methoxy groups -OCH3 is 1. The summed E-state index contributed by atoms with van der Waals surface area (Å²) in [5.41, 5.74) is 0.987. The highest BCUT2D eigenvalue weighted by atomic mass is 16.5. The fraction of sp³-hybridized carbons (Fsp3) is 0.722. The van der Waals surface area contributed by atoms with Crippen molar-refractivity contribution >= 4 is 11.9 Å². The van der Waals surface area contributed by atoms with Crippen LogP contribution in [0.4, 0.5) is 0 Å². The highest BCUT2D eigenvalue weighted by Gasteiger charge is 2.22. The van der Waals surface area contributed by atoms with Crippen molar-refractivity contribution in [2.24, 2.45) is 0 Å². The van der Waals surface area contributed by atoms with E-state index in [1.54, 1.807) is 0 Å². The molecule has 0 saturated carbocycles. The third-order valence-corrected chi connectivity index (χ3v) is 5.29. The van der Waals surface area contributed by atoms with Crippen LogP contribution in [0, 0.1) is 0 Å². The van der Waals surface area contributed by atoms with Gasteiger partial charge in [-0.2, -0.15) is 0 Å². The Morgan fingerprint density at radius 3 is 2.65 bits per heavy atom. The molecule has 2 saturated heterocycles. The smallest absolute Gasteiger partial charge is 0.319 e. The molecule has 2 fully saturated rings. The highest BCUT2D eigenvalue weighted by Crippen LogP contribution is 2.19. The van der Waals surface area contributed by atoms with Gasteiger partial charge in [0.1, 0.15) is 0 Å². The Kier molecular flexibility index (Phi) is 6.62. The van der Waals surface area contributed by atoms with E-state index in [-0.39, 0.29) is 11.9 Å². The van der Waals surface area contributed by atoms with Crippen LogP contribution in [0.15, 0.2) is 12.5 Å². The number of ether oxygens (including phenoxy) is 1. The monoisotopic (exact) mass is 363 g/mol. The molecule has 144 valence electrons. The Balaban J connectivity index is 1.40. The number of carbonyl (C=O) groups is 2. The van der Waals surface area contributed by atoms with Crippen molar-refractivity contribution < 1.29 is 14.3 Å². The number of rotatable bonds is 6. The molecule has 1 aromatic heterocycles. The van der Waals surface area contributed by atoms with Crippen molar-refractivity contribution in [3.05, 3.63) is 18.2 Å². The molecule has 1 amide bonds. The van der Waals surface area contributed by atoms with Crippen molar-refractivity contribution in [3.63, 3.8) is 0 Å². The maximum Gasteiger partial charge on any atom is 0.319 e. The molecule has 0 aliphatic carbocycles. The van der Waals surface area contributed by atoms with Crippen molar-refractivity contribution in [1.29, 1.82) is 0 Å². The van der Waals surface area contributed by atoms with E-state index in [2.05, 4.69) is 25.8 Å². The number of aromatic nitrogens is 2. The first-order valence-electron chi connectivity index (χ1n) is 9.45. The van der Waals surface area contributed by atoms with E-state index < -0.39 is 0 Å². The van der Waals surface area contributed by atoms with E-state index in [0.717, 1.165) is 31.6 Å². The second-order valence-electron chi connectivity index (χ2n) is 7.03. The molecule has 0 atom stereocenters. The number of hydrogen-bond acceptors (Lipinski definition) is 6. The number of piperidine rings is 1. The molecular formula is C18H29N5O3. The number of aryl methyl sites for hydroxylation is 1. The third kappa shape index (κ3) is 5.04. The maximum atomic E-state index is 12.4. The molecule has 1 N–H and O–H groups in total. The van der Waals surface area contributed by atoms with Crippen LogP contribution in [-0.4, -0.2) is 84.2 Å². The lowest BCUT2D eigenvalue weighted by molar-refractivity contribution is -0.142. The van der Waals surface area contributed by atoms with Crippen LogP contribution in [0.2, 0.25) is 0 Å². The Bertz CT molecular complexity index is 604. The number of esters is 1. The van der Waals surface area contributed by atoms with Crippen molar-refractivity contribution in [2.45, 2.75) is 31.7 Å². The predicted octanol–water partition coefficient (Wildman–Crippen LogP) is 0.0574. The minimum Gasteiger partial charge on any atom is -0.468 e. The molecule has 3 rings (SSSR count). The van der Waals surface area contributed by atoms with Gasteiger partial charge in [0.25, 0.3) is 0 Å². The van der Waals surface area contributed by atoms with Crippen LogP contribution in [-0.2, 0) is 20.7 Å². The Labute approximate surface area is 154 Å². The lowest BCUT2D eigenvalue weighted by Gasteiger charge is -2.34. The summed E-state index contributed by atoms with van der Waals surface area (Å²) in [7, 11) is 1.40. The molecule has 8 nitrogen and oxygen atoms in total. The van der Waals surface area contributed by atoms with E-state index in [1.807, 2.05) is 16.1 Å². The number of carbonyl (C=O) groups excluding carboxylic acids is 2. The summed E-state index contributed by atoms with van der Waals surface area (Å²) in [6.45, 7) is 5.17. The van der Waals surface area contributed by atoms with Crippen LogP contribution >= 0.6 is 0 Å². The molecule has 2 aliphatic heterocycles. The molecule has 1 aromatic rings. The van der Waals surface area contributed by atoms with Crippen molar-refractivity contribution in [1.82, 2.24) is 24.7 Å². The fourth-order valence-electron chi connectivity index (χ4n) is 3.61. The lowest BCUT2D eigenvalue weighted by atomic mass is 10.1. The summed E-state index contributed by atoms with van der Waals surface area (Å²) in [5, 5.41) is 3.37. The van der Waals surface area contributed by atoms with Crippen molar-refractivity contribution in [3.8, 4) is 0 Å². The molecule has 0 bridgehead atoms. The van der Waals surface area contributed by atoms with Crippen LogP contribution in [0.5, 0.6) is 0 Å². The maximum absolute atomic E-state index is 12.4. The van der Waals surface area contributed by atoms with Gasteiger partial charge in [0.2, 0.25) is 5.91 Å². The van der Waals surface area contributed by atoms with Gasteiger partial charge in [0.05, 0.1) is 25.7 Å².